The summed E-state index contributed by atoms with van der Waals surface area (Å²) in [7, 11) is 3.48. The van der Waals surface area contributed by atoms with E-state index in [1.807, 2.05) is 6.92 Å². The van der Waals surface area contributed by atoms with Gasteiger partial charge in [0.1, 0.15) is 0 Å². The summed E-state index contributed by atoms with van der Waals surface area (Å²) in [6, 6.07) is 1.75. The molecule has 0 N–H and O–H groups in total. The minimum atomic E-state index is -0.146. The third kappa shape index (κ3) is 2.99. The molecule has 1 rings (SSSR count). The lowest BCUT2D eigenvalue weighted by Crippen LogP contribution is -2.29. The smallest absolute Gasteiger partial charge is 0.235 e. The van der Waals surface area contributed by atoms with E-state index in [9.17, 15) is 4.79 Å². The molecule has 0 aliphatic carbocycles. The third-order valence-corrected chi connectivity index (χ3v) is 2.59. The van der Waals surface area contributed by atoms with Crippen molar-refractivity contribution in [2.75, 3.05) is 14.1 Å². The maximum atomic E-state index is 11.5. The highest BCUT2D eigenvalue weighted by atomic mass is 32.2. The normalized spacial score (nSPS) is 12.2. The molecular formula is C9H13N3OS. The number of hydrogen-bond acceptors (Lipinski definition) is 4. The number of hydrogen-bond donors (Lipinski definition) is 0. The minimum absolute atomic E-state index is 0.0717. The van der Waals surface area contributed by atoms with E-state index in [4.69, 9.17) is 0 Å². The summed E-state index contributed by atoms with van der Waals surface area (Å²) in [4.78, 5) is 21.1. The van der Waals surface area contributed by atoms with Gasteiger partial charge in [-0.15, -0.1) is 0 Å². The van der Waals surface area contributed by atoms with Gasteiger partial charge in [0.2, 0.25) is 5.91 Å². The first kappa shape index (κ1) is 11.0. The van der Waals surface area contributed by atoms with E-state index >= 15 is 0 Å². The topological polar surface area (TPSA) is 46.1 Å². The van der Waals surface area contributed by atoms with E-state index in [-0.39, 0.29) is 11.2 Å². The summed E-state index contributed by atoms with van der Waals surface area (Å²) in [5.74, 6) is 0.0717. The van der Waals surface area contributed by atoms with Crippen LogP contribution in [0.3, 0.4) is 0 Å². The monoisotopic (exact) mass is 211 g/mol. The van der Waals surface area contributed by atoms with Crippen LogP contribution in [0.5, 0.6) is 0 Å². The molecule has 1 aromatic heterocycles. The van der Waals surface area contributed by atoms with E-state index < -0.39 is 0 Å². The second-order valence-corrected chi connectivity index (χ2v) is 4.33. The average Bonchev–Trinajstić information content (AvgIpc) is 2.18. The lowest BCUT2D eigenvalue weighted by Gasteiger charge is -2.15. The second-order valence-electron chi connectivity index (χ2n) is 3.02. The molecule has 0 aromatic carbocycles. The van der Waals surface area contributed by atoms with Gasteiger partial charge in [-0.3, -0.25) is 4.79 Å². The Morgan fingerprint density at radius 3 is 2.50 bits per heavy atom. The largest absolute Gasteiger partial charge is 0.348 e. The molecule has 1 amide bonds. The van der Waals surface area contributed by atoms with Crippen LogP contribution in [0.2, 0.25) is 0 Å². The van der Waals surface area contributed by atoms with E-state index in [0.29, 0.717) is 5.16 Å². The summed E-state index contributed by atoms with van der Waals surface area (Å²) in [5, 5.41) is 0.489. The first-order valence-corrected chi connectivity index (χ1v) is 5.14. The van der Waals surface area contributed by atoms with Crippen LogP contribution < -0.4 is 0 Å². The Morgan fingerprint density at radius 2 is 2.00 bits per heavy atom. The fourth-order valence-electron chi connectivity index (χ4n) is 0.918. The molecular weight excluding hydrogens is 198 g/mol. The van der Waals surface area contributed by atoms with Crippen LogP contribution in [0, 0.1) is 0 Å². The first-order valence-electron chi connectivity index (χ1n) is 4.26. The van der Waals surface area contributed by atoms with Crippen molar-refractivity contribution in [3.8, 4) is 0 Å². The highest BCUT2D eigenvalue weighted by Crippen LogP contribution is 2.19. The Balaban J connectivity index is 2.57. The number of rotatable bonds is 3. The highest BCUT2D eigenvalue weighted by molar-refractivity contribution is 8.00. The molecule has 0 spiro atoms. The molecule has 4 nitrogen and oxygen atoms in total. The average molecular weight is 211 g/mol. The fourth-order valence-corrected chi connectivity index (χ4v) is 1.79. The molecule has 1 atom stereocenters. The molecule has 0 radical (unpaired) electrons. The summed E-state index contributed by atoms with van der Waals surface area (Å²) < 4.78 is 0. The molecule has 1 unspecified atom stereocenters. The zero-order valence-corrected chi connectivity index (χ0v) is 9.28. The van der Waals surface area contributed by atoms with E-state index in [1.165, 1.54) is 11.8 Å². The van der Waals surface area contributed by atoms with Crippen LogP contribution in [0.25, 0.3) is 0 Å². The van der Waals surface area contributed by atoms with Gasteiger partial charge in [0.15, 0.2) is 5.16 Å². The molecule has 0 aliphatic heterocycles. The third-order valence-electron chi connectivity index (χ3n) is 1.61. The van der Waals surface area contributed by atoms with E-state index in [2.05, 4.69) is 9.97 Å². The summed E-state index contributed by atoms with van der Waals surface area (Å²) in [6.45, 7) is 1.85. The molecule has 76 valence electrons. The number of amides is 1. The summed E-state index contributed by atoms with van der Waals surface area (Å²) in [5.41, 5.74) is 0. The SMILES string of the molecule is CC(Sc1ncccn1)C(=O)N(C)C. The first-order chi connectivity index (χ1) is 6.61. The van der Waals surface area contributed by atoms with Gasteiger partial charge in [0.05, 0.1) is 5.25 Å². The lowest BCUT2D eigenvalue weighted by molar-refractivity contribution is -0.127. The van der Waals surface area contributed by atoms with Crippen molar-refractivity contribution in [2.45, 2.75) is 17.3 Å². The van der Waals surface area contributed by atoms with E-state index in [0.717, 1.165) is 0 Å². The van der Waals surface area contributed by atoms with Gasteiger partial charge >= 0.3 is 0 Å². The molecule has 0 saturated carbocycles. The van der Waals surface area contributed by atoms with Gasteiger partial charge in [-0.05, 0) is 13.0 Å². The zero-order valence-electron chi connectivity index (χ0n) is 8.47. The van der Waals surface area contributed by atoms with Crippen LogP contribution in [-0.2, 0) is 4.79 Å². The Bertz CT molecular complexity index is 302. The van der Waals surface area contributed by atoms with Crippen molar-refractivity contribution in [3.05, 3.63) is 18.5 Å². The quantitative estimate of drug-likeness (QED) is 0.553. The zero-order chi connectivity index (χ0) is 10.6. The van der Waals surface area contributed by atoms with Crippen molar-refractivity contribution in [1.29, 1.82) is 0 Å². The van der Waals surface area contributed by atoms with Crippen LogP contribution in [0.1, 0.15) is 6.92 Å². The van der Waals surface area contributed by atoms with Gasteiger partial charge < -0.3 is 4.90 Å². The van der Waals surface area contributed by atoms with Gasteiger partial charge in [-0.25, -0.2) is 9.97 Å². The van der Waals surface area contributed by atoms with Crippen molar-refractivity contribution >= 4 is 17.7 Å². The molecule has 0 fully saturated rings. The van der Waals surface area contributed by atoms with Crippen molar-refractivity contribution in [2.24, 2.45) is 0 Å². The van der Waals surface area contributed by atoms with Crippen molar-refractivity contribution in [1.82, 2.24) is 14.9 Å². The fraction of sp³-hybridized carbons (Fsp3) is 0.444. The maximum absolute atomic E-state index is 11.5. The number of thioether (sulfide) groups is 1. The van der Waals surface area contributed by atoms with Crippen LogP contribution >= 0.6 is 11.8 Å². The Hall–Kier alpha value is -1.10. The summed E-state index contributed by atoms with van der Waals surface area (Å²) >= 11 is 1.37. The maximum Gasteiger partial charge on any atom is 0.235 e. The van der Waals surface area contributed by atoms with Crippen molar-refractivity contribution < 1.29 is 4.79 Å². The van der Waals surface area contributed by atoms with Gasteiger partial charge in [-0.2, -0.15) is 0 Å². The number of nitrogens with zero attached hydrogens (tertiary/aromatic N) is 3. The van der Waals surface area contributed by atoms with Crippen LogP contribution in [0.4, 0.5) is 0 Å². The van der Waals surface area contributed by atoms with Gasteiger partial charge in [-0.1, -0.05) is 11.8 Å². The van der Waals surface area contributed by atoms with Gasteiger partial charge in [0.25, 0.3) is 0 Å². The highest BCUT2D eigenvalue weighted by Gasteiger charge is 2.16. The predicted molar refractivity (Wildman–Crippen MR) is 56.0 cm³/mol. The van der Waals surface area contributed by atoms with Crippen LogP contribution in [0.15, 0.2) is 23.6 Å². The molecule has 1 heterocycles. The Morgan fingerprint density at radius 1 is 1.43 bits per heavy atom. The van der Waals surface area contributed by atoms with Gasteiger partial charge in [0, 0.05) is 26.5 Å². The van der Waals surface area contributed by atoms with E-state index in [1.54, 1.807) is 37.5 Å². The number of aromatic nitrogens is 2. The molecule has 1 aromatic rings. The molecule has 0 saturated heterocycles. The Labute approximate surface area is 87.7 Å². The number of carbonyl (C=O) groups is 1. The predicted octanol–water partition coefficient (Wildman–Crippen LogP) is 1.05. The van der Waals surface area contributed by atoms with Crippen LogP contribution in [-0.4, -0.2) is 40.1 Å². The lowest BCUT2D eigenvalue weighted by atomic mass is 10.4. The van der Waals surface area contributed by atoms with Crippen molar-refractivity contribution in [3.63, 3.8) is 0 Å². The number of carbonyl (C=O) groups excluding carboxylic acids is 1. The molecule has 0 aliphatic rings. The Kier molecular flexibility index (Phi) is 3.88. The molecule has 0 bridgehead atoms. The second kappa shape index (κ2) is 4.95. The minimum Gasteiger partial charge on any atom is -0.348 e. The summed E-state index contributed by atoms with van der Waals surface area (Å²) in [6.07, 6.45) is 3.34. The molecule has 14 heavy (non-hydrogen) atoms. The molecule has 5 heteroatoms. The standard InChI is InChI=1S/C9H13N3OS/c1-7(8(13)12(2)3)14-9-10-5-4-6-11-9/h4-7H,1-3H3.